The molecule has 17 heavy (non-hydrogen) atoms. The average molecular weight is 363 g/mol. The molecular formula is C12H13Br2NO2. The van der Waals surface area contributed by atoms with Gasteiger partial charge < -0.3 is 9.64 Å². The second-order valence-electron chi connectivity index (χ2n) is 4.05. The number of carbonyl (C=O) groups excluding carboxylic acids is 1. The minimum Gasteiger partial charge on any atom is -0.496 e. The molecule has 1 unspecified atom stereocenters. The zero-order valence-electron chi connectivity index (χ0n) is 9.45. The van der Waals surface area contributed by atoms with Gasteiger partial charge in [-0.05, 0) is 40.0 Å². The smallest absolute Gasteiger partial charge is 0.227 e. The largest absolute Gasteiger partial charge is 0.496 e. The molecule has 1 aromatic carbocycles. The number of benzene rings is 1. The summed E-state index contributed by atoms with van der Waals surface area (Å²) in [7, 11) is 1.63. The SMILES string of the molecule is COc1ccc(N2CC(CBr)CC2=O)cc1Br. The third kappa shape index (κ3) is 2.65. The van der Waals surface area contributed by atoms with Gasteiger partial charge >= 0.3 is 0 Å². The highest BCUT2D eigenvalue weighted by Gasteiger charge is 2.29. The van der Waals surface area contributed by atoms with E-state index in [1.807, 2.05) is 23.1 Å². The molecule has 0 aliphatic carbocycles. The predicted octanol–water partition coefficient (Wildman–Crippen LogP) is 3.21. The molecule has 0 bridgehead atoms. The van der Waals surface area contributed by atoms with Crippen molar-refractivity contribution in [3.05, 3.63) is 22.7 Å². The summed E-state index contributed by atoms with van der Waals surface area (Å²) >= 11 is 6.87. The maximum absolute atomic E-state index is 11.9. The molecule has 5 heteroatoms. The molecule has 92 valence electrons. The van der Waals surface area contributed by atoms with Crippen molar-refractivity contribution in [1.82, 2.24) is 0 Å². The Labute approximate surface area is 117 Å². The quantitative estimate of drug-likeness (QED) is 0.772. The molecule has 1 heterocycles. The van der Waals surface area contributed by atoms with Crippen molar-refractivity contribution in [2.45, 2.75) is 6.42 Å². The van der Waals surface area contributed by atoms with Crippen LogP contribution in [0.4, 0.5) is 5.69 Å². The van der Waals surface area contributed by atoms with Crippen LogP contribution in [0.2, 0.25) is 0 Å². The van der Waals surface area contributed by atoms with Crippen LogP contribution in [0, 0.1) is 5.92 Å². The van der Waals surface area contributed by atoms with E-state index < -0.39 is 0 Å². The van der Waals surface area contributed by atoms with E-state index in [1.54, 1.807) is 7.11 Å². The van der Waals surface area contributed by atoms with E-state index in [0.29, 0.717) is 12.3 Å². The molecule has 0 spiro atoms. The van der Waals surface area contributed by atoms with Crippen molar-refractivity contribution in [2.75, 3.05) is 23.9 Å². The molecule has 0 N–H and O–H groups in total. The second-order valence-corrected chi connectivity index (χ2v) is 5.55. The predicted molar refractivity (Wildman–Crippen MR) is 74.9 cm³/mol. The van der Waals surface area contributed by atoms with Crippen molar-refractivity contribution in [3.63, 3.8) is 0 Å². The van der Waals surface area contributed by atoms with Gasteiger partial charge in [0, 0.05) is 24.0 Å². The second kappa shape index (κ2) is 5.40. The molecule has 2 rings (SSSR count). The summed E-state index contributed by atoms with van der Waals surface area (Å²) in [6.07, 6.45) is 0.620. The van der Waals surface area contributed by atoms with Crippen LogP contribution in [0.5, 0.6) is 5.75 Å². The Morgan fingerprint density at radius 2 is 2.29 bits per heavy atom. The summed E-state index contributed by atoms with van der Waals surface area (Å²) in [5, 5.41) is 0.868. The van der Waals surface area contributed by atoms with Gasteiger partial charge in [0.1, 0.15) is 5.75 Å². The lowest BCUT2D eigenvalue weighted by atomic mass is 10.2. The molecule has 1 aliphatic rings. The molecule has 1 saturated heterocycles. The van der Waals surface area contributed by atoms with E-state index in [2.05, 4.69) is 31.9 Å². The van der Waals surface area contributed by atoms with E-state index in [9.17, 15) is 4.79 Å². The fourth-order valence-corrected chi connectivity index (χ4v) is 2.92. The van der Waals surface area contributed by atoms with Gasteiger partial charge in [0.05, 0.1) is 11.6 Å². The first-order valence-corrected chi connectivity index (χ1v) is 7.27. The average Bonchev–Trinajstić information content (AvgIpc) is 2.70. The van der Waals surface area contributed by atoms with Crippen molar-refractivity contribution < 1.29 is 9.53 Å². The minimum atomic E-state index is 0.187. The summed E-state index contributed by atoms with van der Waals surface area (Å²) in [6, 6.07) is 5.71. The summed E-state index contributed by atoms with van der Waals surface area (Å²) in [5.74, 6) is 1.37. The normalized spacial score (nSPS) is 19.8. The first-order chi connectivity index (χ1) is 8.15. The molecule has 0 radical (unpaired) electrons. The first kappa shape index (κ1) is 12.9. The Morgan fingerprint density at radius 1 is 1.53 bits per heavy atom. The molecule has 1 aromatic rings. The van der Waals surface area contributed by atoms with Crippen LogP contribution in [0.1, 0.15) is 6.42 Å². The number of anilines is 1. The third-order valence-electron chi connectivity index (χ3n) is 2.87. The van der Waals surface area contributed by atoms with Gasteiger partial charge in [-0.2, -0.15) is 0 Å². The fourth-order valence-electron chi connectivity index (χ4n) is 1.96. The van der Waals surface area contributed by atoms with Gasteiger partial charge in [-0.1, -0.05) is 15.9 Å². The van der Waals surface area contributed by atoms with Gasteiger partial charge in [-0.25, -0.2) is 0 Å². The van der Waals surface area contributed by atoms with Crippen molar-refractivity contribution in [3.8, 4) is 5.75 Å². The molecule has 1 fully saturated rings. The Balaban J connectivity index is 2.23. The topological polar surface area (TPSA) is 29.5 Å². The highest BCUT2D eigenvalue weighted by molar-refractivity contribution is 9.10. The number of ether oxygens (including phenoxy) is 1. The Bertz CT molecular complexity index is 437. The minimum absolute atomic E-state index is 0.187. The van der Waals surface area contributed by atoms with Crippen molar-refractivity contribution in [1.29, 1.82) is 0 Å². The lowest BCUT2D eigenvalue weighted by Crippen LogP contribution is -2.24. The molecule has 3 nitrogen and oxygen atoms in total. The molecule has 1 amide bonds. The summed E-state index contributed by atoms with van der Waals surface area (Å²) in [4.78, 5) is 13.7. The maximum atomic E-state index is 11.9. The Kier molecular flexibility index (Phi) is 4.09. The summed E-state index contributed by atoms with van der Waals surface area (Å²) < 4.78 is 6.04. The first-order valence-electron chi connectivity index (χ1n) is 5.35. The zero-order chi connectivity index (χ0) is 12.4. The number of methoxy groups -OCH3 is 1. The highest BCUT2D eigenvalue weighted by Crippen LogP contribution is 2.32. The van der Waals surface area contributed by atoms with Gasteiger partial charge in [0.2, 0.25) is 5.91 Å². The monoisotopic (exact) mass is 361 g/mol. The molecular weight excluding hydrogens is 350 g/mol. The summed E-state index contributed by atoms with van der Waals surface area (Å²) in [5.41, 5.74) is 0.922. The van der Waals surface area contributed by atoms with Gasteiger partial charge in [0.25, 0.3) is 0 Å². The van der Waals surface area contributed by atoms with Crippen LogP contribution in [0.25, 0.3) is 0 Å². The summed E-state index contributed by atoms with van der Waals surface area (Å²) in [6.45, 7) is 0.781. The van der Waals surface area contributed by atoms with Gasteiger partial charge in [0.15, 0.2) is 0 Å². The van der Waals surface area contributed by atoms with Crippen LogP contribution in [-0.2, 0) is 4.79 Å². The lowest BCUT2D eigenvalue weighted by Gasteiger charge is -2.17. The Hall–Kier alpha value is -0.550. The van der Waals surface area contributed by atoms with E-state index in [4.69, 9.17) is 4.74 Å². The van der Waals surface area contributed by atoms with Crippen LogP contribution in [0.3, 0.4) is 0 Å². The van der Waals surface area contributed by atoms with Crippen LogP contribution < -0.4 is 9.64 Å². The third-order valence-corrected chi connectivity index (χ3v) is 4.41. The molecule has 1 aliphatic heterocycles. The van der Waals surface area contributed by atoms with E-state index >= 15 is 0 Å². The van der Waals surface area contributed by atoms with Crippen molar-refractivity contribution in [2.24, 2.45) is 5.92 Å². The molecule has 0 aromatic heterocycles. The lowest BCUT2D eigenvalue weighted by molar-refractivity contribution is -0.117. The zero-order valence-corrected chi connectivity index (χ0v) is 12.6. The number of rotatable bonds is 3. The number of hydrogen-bond acceptors (Lipinski definition) is 2. The van der Waals surface area contributed by atoms with Crippen LogP contribution >= 0.6 is 31.9 Å². The maximum Gasteiger partial charge on any atom is 0.227 e. The van der Waals surface area contributed by atoms with Crippen molar-refractivity contribution >= 4 is 43.5 Å². The number of hydrogen-bond donors (Lipinski definition) is 0. The van der Waals surface area contributed by atoms with Gasteiger partial charge in [-0.3, -0.25) is 4.79 Å². The van der Waals surface area contributed by atoms with Gasteiger partial charge in [-0.15, -0.1) is 0 Å². The number of carbonyl (C=O) groups is 1. The van der Waals surface area contributed by atoms with E-state index in [0.717, 1.165) is 27.8 Å². The standard InChI is InChI=1S/C12H13Br2NO2/c1-17-11-3-2-9(5-10(11)14)15-7-8(6-13)4-12(15)16/h2-3,5,8H,4,6-7H2,1H3. The highest BCUT2D eigenvalue weighted by atomic mass is 79.9. The van der Waals surface area contributed by atoms with E-state index in [1.165, 1.54) is 0 Å². The number of nitrogens with zero attached hydrogens (tertiary/aromatic N) is 1. The van der Waals surface area contributed by atoms with Crippen LogP contribution in [0.15, 0.2) is 22.7 Å². The molecule has 0 saturated carbocycles. The number of alkyl halides is 1. The molecule has 1 atom stereocenters. The fraction of sp³-hybridized carbons (Fsp3) is 0.417. The number of amides is 1. The Morgan fingerprint density at radius 3 is 2.82 bits per heavy atom. The van der Waals surface area contributed by atoms with Crippen LogP contribution in [-0.4, -0.2) is 24.9 Å². The number of halogens is 2. The van der Waals surface area contributed by atoms with E-state index in [-0.39, 0.29) is 5.91 Å².